The maximum absolute atomic E-state index is 12.3. The van der Waals surface area contributed by atoms with Gasteiger partial charge < -0.3 is 14.8 Å². The number of benzene rings is 1. The lowest BCUT2D eigenvalue weighted by molar-refractivity contribution is -0.120. The van der Waals surface area contributed by atoms with Crippen molar-refractivity contribution in [2.75, 3.05) is 19.5 Å². The Kier molecular flexibility index (Phi) is 3.50. The van der Waals surface area contributed by atoms with Gasteiger partial charge in [-0.05, 0) is 31.1 Å². The van der Waals surface area contributed by atoms with Gasteiger partial charge in [0.15, 0.2) is 0 Å². The monoisotopic (exact) mass is 295 g/mol. The number of hydrogen-bond donors (Lipinski definition) is 1. The first-order chi connectivity index (χ1) is 9.62. The first-order valence-electron chi connectivity index (χ1n) is 6.84. The van der Waals surface area contributed by atoms with Crippen LogP contribution in [0.25, 0.3) is 0 Å². The van der Waals surface area contributed by atoms with E-state index in [9.17, 15) is 4.79 Å². The van der Waals surface area contributed by atoms with Gasteiger partial charge in [0.1, 0.15) is 11.5 Å². The molecule has 1 amide bonds. The second-order valence-electron chi connectivity index (χ2n) is 5.60. The number of halogens is 1. The van der Waals surface area contributed by atoms with Crippen LogP contribution in [0.15, 0.2) is 12.1 Å². The fourth-order valence-corrected chi connectivity index (χ4v) is 3.35. The Morgan fingerprint density at radius 1 is 1.15 bits per heavy atom. The SMILES string of the molecule is COc1cc(NC(=O)C2CC3CC3C2)c(OC)cc1Cl. The number of rotatable bonds is 4. The van der Waals surface area contributed by atoms with E-state index in [1.165, 1.54) is 6.42 Å². The van der Waals surface area contributed by atoms with E-state index < -0.39 is 0 Å². The standard InChI is InChI=1S/C15H18ClNO3/c1-19-13-7-12(14(20-2)6-11(13)16)17-15(18)10-4-8-3-9(8)5-10/h6-10H,3-5H2,1-2H3,(H,17,18). The van der Waals surface area contributed by atoms with Crippen LogP contribution in [-0.2, 0) is 4.79 Å². The Bertz CT molecular complexity index is 536. The van der Waals surface area contributed by atoms with E-state index in [1.54, 1.807) is 26.4 Å². The van der Waals surface area contributed by atoms with E-state index in [1.807, 2.05) is 0 Å². The number of methoxy groups -OCH3 is 2. The second kappa shape index (κ2) is 5.17. The van der Waals surface area contributed by atoms with Gasteiger partial charge in [-0.1, -0.05) is 11.6 Å². The van der Waals surface area contributed by atoms with Crippen molar-refractivity contribution in [2.24, 2.45) is 17.8 Å². The number of carbonyl (C=O) groups is 1. The summed E-state index contributed by atoms with van der Waals surface area (Å²) in [6, 6.07) is 3.36. The van der Waals surface area contributed by atoms with Crippen LogP contribution in [0.1, 0.15) is 19.3 Å². The van der Waals surface area contributed by atoms with Gasteiger partial charge >= 0.3 is 0 Å². The van der Waals surface area contributed by atoms with Crippen LogP contribution in [0.3, 0.4) is 0 Å². The molecule has 2 aliphatic carbocycles. The van der Waals surface area contributed by atoms with Crippen molar-refractivity contribution in [1.82, 2.24) is 0 Å². The van der Waals surface area contributed by atoms with Crippen LogP contribution in [-0.4, -0.2) is 20.1 Å². The number of nitrogens with one attached hydrogen (secondary N) is 1. The summed E-state index contributed by atoms with van der Waals surface area (Å²) in [4.78, 5) is 12.3. The minimum absolute atomic E-state index is 0.0693. The van der Waals surface area contributed by atoms with Crippen LogP contribution in [0.4, 0.5) is 5.69 Å². The third kappa shape index (κ3) is 2.44. The summed E-state index contributed by atoms with van der Waals surface area (Å²) < 4.78 is 10.4. The predicted octanol–water partition coefficient (Wildman–Crippen LogP) is 3.34. The highest BCUT2D eigenvalue weighted by molar-refractivity contribution is 6.32. The molecule has 2 aliphatic rings. The molecule has 0 aliphatic heterocycles. The van der Waals surface area contributed by atoms with Crippen molar-refractivity contribution in [3.8, 4) is 11.5 Å². The molecule has 0 saturated heterocycles. The van der Waals surface area contributed by atoms with Crippen molar-refractivity contribution < 1.29 is 14.3 Å². The van der Waals surface area contributed by atoms with E-state index in [-0.39, 0.29) is 11.8 Å². The van der Waals surface area contributed by atoms with Crippen molar-refractivity contribution in [3.63, 3.8) is 0 Å². The molecule has 20 heavy (non-hydrogen) atoms. The minimum Gasteiger partial charge on any atom is -0.495 e. The number of hydrogen-bond acceptors (Lipinski definition) is 3. The van der Waals surface area contributed by atoms with Crippen molar-refractivity contribution in [1.29, 1.82) is 0 Å². The Morgan fingerprint density at radius 2 is 1.80 bits per heavy atom. The molecule has 108 valence electrons. The lowest BCUT2D eigenvalue weighted by Gasteiger charge is -2.16. The molecule has 4 nitrogen and oxygen atoms in total. The summed E-state index contributed by atoms with van der Waals surface area (Å²) in [5.41, 5.74) is 0.610. The molecule has 2 unspecified atom stereocenters. The number of ether oxygens (including phenoxy) is 2. The molecule has 2 atom stereocenters. The second-order valence-corrected chi connectivity index (χ2v) is 6.01. The Balaban J connectivity index is 1.76. The number of anilines is 1. The summed E-state index contributed by atoms with van der Waals surface area (Å²) >= 11 is 6.05. The minimum atomic E-state index is 0.0693. The van der Waals surface area contributed by atoms with Crippen LogP contribution in [0.5, 0.6) is 11.5 Å². The lowest BCUT2D eigenvalue weighted by atomic mass is 10.0. The zero-order valence-corrected chi connectivity index (χ0v) is 12.4. The van der Waals surface area contributed by atoms with Crippen molar-refractivity contribution in [3.05, 3.63) is 17.2 Å². The lowest BCUT2D eigenvalue weighted by Crippen LogP contribution is -2.22. The van der Waals surface area contributed by atoms with Crippen molar-refractivity contribution in [2.45, 2.75) is 19.3 Å². The number of amides is 1. The molecular formula is C15H18ClNO3. The Hall–Kier alpha value is -1.42. The molecule has 0 radical (unpaired) electrons. The molecular weight excluding hydrogens is 278 g/mol. The normalized spacial score (nSPS) is 26.9. The quantitative estimate of drug-likeness (QED) is 0.927. The highest BCUT2D eigenvalue weighted by Gasteiger charge is 2.48. The van der Waals surface area contributed by atoms with E-state index in [0.717, 1.165) is 24.7 Å². The van der Waals surface area contributed by atoms with E-state index in [4.69, 9.17) is 21.1 Å². The maximum Gasteiger partial charge on any atom is 0.227 e. The van der Waals surface area contributed by atoms with E-state index >= 15 is 0 Å². The fraction of sp³-hybridized carbons (Fsp3) is 0.533. The molecule has 0 spiro atoms. The summed E-state index contributed by atoms with van der Waals surface area (Å²) in [5, 5.41) is 3.41. The third-order valence-electron chi connectivity index (χ3n) is 4.35. The van der Waals surface area contributed by atoms with Crippen LogP contribution >= 0.6 is 11.6 Å². The fourth-order valence-electron chi connectivity index (χ4n) is 3.12. The van der Waals surface area contributed by atoms with Crippen LogP contribution < -0.4 is 14.8 Å². The van der Waals surface area contributed by atoms with E-state index in [0.29, 0.717) is 22.2 Å². The molecule has 0 aromatic heterocycles. The molecule has 0 heterocycles. The van der Waals surface area contributed by atoms with Gasteiger partial charge in [-0.15, -0.1) is 0 Å². The molecule has 3 rings (SSSR count). The summed E-state index contributed by atoms with van der Waals surface area (Å²) in [5.74, 6) is 2.84. The van der Waals surface area contributed by atoms with Gasteiger partial charge in [-0.2, -0.15) is 0 Å². The molecule has 1 aromatic rings. The first-order valence-corrected chi connectivity index (χ1v) is 7.22. The van der Waals surface area contributed by atoms with Gasteiger partial charge in [0.05, 0.1) is 24.9 Å². The van der Waals surface area contributed by atoms with Gasteiger partial charge in [-0.25, -0.2) is 0 Å². The maximum atomic E-state index is 12.3. The van der Waals surface area contributed by atoms with Crippen molar-refractivity contribution >= 4 is 23.2 Å². The zero-order valence-electron chi connectivity index (χ0n) is 11.6. The van der Waals surface area contributed by atoms with Gasteiger partial charge in [0.2, 0.25) is 5.91 Å². The largest absolute Gasteiger partial charge is 0.495 e. The average molecular weight is 296 g/mol. The Morgan fingerprint density at radius 3 is 2.40 bits per heavy atom. The summed E-state index contributed by atoms with van der Waals surface area (Å²) in [6.07, 6.45) is 3.34. The highest BCUT2D eigenvalue weighted by atomic mass is 35.5. The average Bonchev–Trinajstić information content (AvgIpc) is 3.06. The summed E-state index contributed by atoms with van der Waals surface area (Å²) in [6.45, 7) is 0. The highest BCUT2D eigenvalue weighted by Crippen LogP contribution is 2.54. The first kappa shape index (κ1) is 13.6. The molecule has 0 bridgehead atoms. The molecule has 1 N–H and O–H groups in total. The number of fused-ring (bicyclic) bond motifs is 1. The molecule has 1 aromatic carbocycles. The molecule has 5 heteroatoms. The van der Waals surface area contributed by atoms with Gasteiger partial charge in [0, 0.05) is 18.1 Å². The molecule has 2 saturated carbocycles. The third-order valence-corrected chi connectivity index (χ3v) is 4.64. The topological polar surface area (TPSA) is 47.6 Å². The predicted molar refractivity (Wildman–Crippen MR) is 77.5 cm³/mol. The summed E-state index contributed by atoms with van der Waals surface area (Å²) in [7, 11) is 3.10. The van der Waals surface area contributed by atoms with E-state index in [2.05, 4.69) is 5.32 Å². The number of carbonyl (C=O) groups excluding carboxylic acids is 1. The zero-order chi connectivity index (χ0) is 14.3. The van der Waals surface area contributed by atoms with Gasteiger partial charge in [0.25, 0.3) is 0 Å². The van der Waals surface area contributed by atoms with Crippen LogP contribution in [0, 0.1) is 17.8 Å². The molecule has 2 fully saturated rings. The van der Waals surface area contributed by atoms with Crippen LogP contribution in [0.2, 0.25) is 5.02 Å². The smallest absolute Gasteiger partial charge is 0.227 e. The van der Waals surface area contributed by atoms with Gasteiger partial charge in [-0.3, -0.25) is 4.79 Å². The Labute approximate surface area is 123 Å².